The van der Waals surface area contributed by atoms with Crippen molar-refractivity contribution >= 4 is 22.8 Å². The van der Waals surface area contributed by atoms with E-state index in [4.69, 9.17) is 9.72 Å². The van der Waals surface area contributed by atoms with Gasteiger partial charge in [-0.2, -0.15) is 0 Å². The van der Waals surface area contributed by atoms with Crippen molar-refractivity contribution < 1.29 is 9.53 Å². The number of carbonyl (C=O) groups excluding carboxylic acids is 1. The summed E-state index contributed by atoms with van der Waals surface area (Å²) >= 11 is 0. The van der Waals surface area contributed by atoms with E-state index in [9.17, 15) is 4.79 Å². The Morgan fingerprint density at radius 2 is 1.74 bits per heavy atom. The van der Waals surface area contributed by atoms with Crippen molar-refractivity contribution in [3.05, 3.63) is 35.7 Å². The van der Waals surface area contributed by atoms with Crippen LogP contribution in [0.25, 0.3) is 16.8 Å². The molecule has 0 unspecified atom stereocenters. The number of esters is 1. The lowest BCUT2D eigenvalue weighted by molar-refractivity contribution is -0.0825. The molecule has 4 aliphatic rings. The summed E-state index contributed by atoms with van der Waals surface area (Å²) < 4.78 is 9.57. The molecule has 0 radical (unpaired) electrons. The minimum Gasteiger partial charge on any atom is -0.461 e. The van der Waals surface area contributed by atoms with Crippen molar-refractivity contribution in [1.82, 2.24) is 18.9 Å². The number of fused-ring (bicyclic) bond motifs is 3. The first-order chi connectivity index (χ1) is 15.0. The minimum absolute atomic E-state index is 0.276. The van der Waals surface area contributed by atoms with E-state index < -0.39 is 0 Å². The van der Waals surface area contributed by atoms with Gasteiger partial charge in [0, 0.05) is 19.1 Å². The highest BCUT2D eigenvalue weighted by Gasteiger charge is 2.52. The molecule has 0 atom stereocenters. The van der Waals surface area contributed by atoms with Gasteiger partial charge in [0.2, 0.25) is 5.78 Å². The second-order valence-electron chi connectivity index (χ2n) is 10.3. The number of imidazole rings is 2. The van der Waals surface area contributed by atoms with Crippen LogP contribution in [-0.2, 0) is 18.3 Å². The van der Waals surface area contributed by atoms with Crippen molar-refractivity contribution in [1.29, 1.82) is 0 Å². The van der Waals surface area contributed by atoms with Gasteiger partial charge in [-0.15, -0.1) is 0 Å². The summed E-state index contributed by atoms with van der Waals surface area (Å²) in [4.78, 5) is 20.6. The summed E-state index contributed by atoms with van der Waals surface area (Å²) in [5, 5.41) is 0. The molecule has 4 aliphatic carbocycles. The predicted molar refractivity (Wildman–Crippen MR) is 120 cm³/mol. The Balaban J connectivity index is 1.43. The molecule has 4 fully saturated rings. The number of hydrogen-bond donors (Lipinski definition) is 0. The number of nitrogens with zero attached hydrogens (tertiary/aromatic N) is 4. The second-order valence-corrected chi connectivity index (χ2v) is 10.3. The van der Waals surface area contributed by atoms with E-state index in [2.05, 4.69) is 28.6 Å². The van der Waals surface area contributed by atoms with Crippen LogP contribution in [0.3, 0.4) is 0 Å². The summed E-state index contributed by atoms with van der Waals surface area (Å²) in [6, 6.07) is 8.16. The van der Waals surface area contributed by atoms with Gasteiger partial charge < -0.3 is 9.30 Å². The van der Waals surface area contributed by atoms with E-state index in [1.807, 2.05) is 30.5 Å². The van der Waals surface area contributed by atoms with Gasteiger partial charge in [0.1, 0.15) is 0 Å². The first kappa shape index (κ1) is 19.4. The van der Waals surface area contributed by atoms with Crippen LogP contribution in [0, 0.1) is 17.8 Å². The quantitative estimate of drug-likeness (QED) is 0.574. The van der Waals surface area contributed by atoms with Crippen molar-refractivity contribution in [2.75, 3.05) is 13.7 Å². The lowest BCUT2D eigenvalue weighted by Crippen LogP contribution is -2.58. The zero-order chi connectivity index (χ0) is 21.3. The molecule has 31 heavy (non-hydrogen) atoms. The van der Waals surface area contributed by atoms with E-state index in [-0.39, 0.29) is 11.5 Å². The highest BCUT2D eigenvalue weighted by Crippen LogP contribution is 2.57. The van der Waals surface area contributed by atoms with Gasteiger partial charge in [-0.25, -0.2) is 9.78 Å². The Kier molecular flexibility index (Phi) is 4.26. The summed E-state index contributed by atoms with van der Waals surface area (Å²) in [7, 11) is 4.27. The summed E-state index contributed by atoms with van der Waals surface area (Å²) in [5.74, 6) is 3.20. The lowest BCUT2D eigenvalue weighted by Gasteiger charge is -2.60. The van der Waals surface area contributed by atoms with Gasteiger partial charge in [0.15, 0.2) is 5.69 Å². The first-order valence-corrected chi connectivity index (χ1v) is 11.8. The molecule has 0 saturated heterocycles. The maximum Gasteiger partial charge on any atom is 0.357 e. The molecule has 3 aromatic rings. The van der Waals surface area contributed by atoms with Crippen LogP contribution in [0.4, 0.5) is 0 Å². The third-order valence-electron chi connectivity index (χ3n) is 8.39. The number of rotatable bonds is 5. The highest BCUT2D eigenvalue weighted by molar-refractivity contribution is 5.93. The van der Waals surface area contributed by atoms with E-state index in [0.717, 1.165) is 40.3 Å². The Morgan fingerprint density at radius 3 is 2.35 bits per heavy atom. The average Bonchev–Trinajstić information content (AvgIpc) is 3.23. The Bertz CT molecular complexity index is 1140. The monoisotopic (exact) mass is 420 g/mol. The number of hydrogen-bond acceptors (Lipinski definition) is 4. The normalized spacial score (nSPS) is 29.5. The van der Waals surface area contributed by atoms with Crippen molar-refractivity contribution in [2.24, 2.45) is 24.8 Å². The van der Waals surface area contributed by atoms with Gasteiger partial charge in [0.25, 0.3) is 0 Å². The van der Waals surface area contributed by atoms with E-state index in [1.165, 1.54) is 38.5 Å². The van der Waals surface area contributed by atoms with Gasteiger partial charge in [0.05, 0.1) is 23.3 Å². The highest BCUT2D eigenvalue weighted by atomic mass is 16.5. The standard InChI is InChI=1S/C25H32N4O2/c1-4-31-23(30)22-19(26-24-28(3)20-7-5-6-8-21(20)29(22)24)15-27(2)25-12-16-9-17(13-25)11-18(10-16)14-25/h5-8,16-18H,4,9-15H2,1-3H3. The van der Waals surface area contributed by atoms with Crippen LogP contribution >= 0.6 is 0 Å². The maximum absolute atomic E-state index is 13.1. The fourth-order valence-electron chi connectivity index (χ4n) is 7.39. The molecular weight excluding hydrogens is 388 g/mol. The average molecular weight is 421 g/mol. The van der Waals surface area contributed by atoms with E-state index in [1.54, 1.807) is 0 Å². The van der Waals surface area contributed by atoms with Gasteiger partial charge in [-0.05, 0) is 82.4 Å². The number of aryl methyl sites for hydroxylation is 1. The molecule has 6 heteroatoms. The van der Waals surface area contributed by atoms with Gasteiger partial charge >= 0.3 is 5.97 Å². The van der Waals surface area contributed by atoms with Crippen LogP contribution in [0.15, 0.2) is 24.3 Å². The molecule has 2 heterocycles. The number of ether oxygens (including phenoxy) is 1. The van der Waals surface area contributed by atoms with Crippen molar-refractivity contribution in [3.63, 3.8) is 0 Å². The van der Waals surface area contributed by atoms with Gasteiger partial charge in [-0.1, -0.05) is 12.1 Å². The molecule has 164 valence electrons. The largest absolute Gasteiger partial charge is 0.461 e. The molecule has 0 N–H and O–H groups in total. The number of aromatic nitrogens is 3. The summed E-state index contributed by atoms with van der Waals surface area (Å²) in [6.07, 6.45) is 8.21. The molecular formula is C25H32N4O2. The zero-order valence-corrected chi connectivity index (χ0v) is 18.8. The summed E-state index contributed by atoms with van der Waals surface area (Å²) in [5.41, 5.74) is 3.77. The fraction of sp³-hybridized carbons (Fsp3) is 0.600. The van der Waals surface area contributed by atoms with E-state index >= 15 is 0 Å². The Hall–Kier alpha value is -2.34. The van der Waals surface area contributed by atoms with Crippen LogP contribution < -0.4 is 0 Å². The molecule has 6 nitrogen and oxygen atoms in total. The molecule has 4 saturated carbocycles. The third-order valence-corrected chi connectivity index (χ3v) is 8.39. The van der Waals surface area contributed by atoms with E-state index in [0.29, 0.717) is 18.8 Å². The Labute approximate surface area is 183 Å². The molecule has 1 aromatic carbocycles. The predicted octanol–water partition coefficient (Wildman–Crippen LogP) is 4.40. The lowest BCUT2D eigenvalue weighted by atomic mass is 9.52. The number of benzene rings is 1. The van der Waals surface area contributed by atoms with Crippen LogP contribution in [-0.4, -0.2) is 44.0 Å². The molecule has 0 aliphatic heterocycles. The summed E-state index contributed by atoms with van der Waals surface area (Å²) in [6.45, 7) is 2.91. The Morgan fingerprint density at radius 1 is 1.13 bits per heavy atom. The number of para-hydroxylation sites is 2. The van der Waals surface area contributed by atoms with Gasteiger partial charge in [-0.3, -0.25) is 9.30 Å². The smallest absolute Gasteiger partial charge is 0.357 e. The third kappa shape index (κ3) is 2.80. The van der Waals surface area contributed by atoms with Crippen molar-refractivity contribution in [3.8, 4) is 0 Å². The maximum atomic E-state index is 13.1. The minimum atomic E-state index is -0.278. The fourth-order valence-corrected chi connectivity index (χ4v) is 7.39. The molecule has 0 spiro atoms. The molecule has 4 bridgehead atoms. The number of carbonyl (C=O) groups is 1. The van der Waals surface area contributed by atoms with Crippen LogP contribution in [0.2, 0.25) is 0 Å². The molecule has 0 amide bonds. The topological polar surface area (TPSA) is 51.8 Å². The molecule has 7 rings (SSSR count). The second kappa shape index (κ2) is 6.83. The van der Waals surface area contributed by atoms with Crippen LogP contribution in [0.1, 0.15) is 61.6 Å². The van der Waals surface area contributed by atoms with Crippen molar-refractivity contribution in [2.45, 2.75) is 57.5 Å². The van der Waals surface area contributed by atoms with Crippen LogP contribution in [0.5, 0.6) is 0 Å². The SMILES string of the molecule is CCOC(=O)c1c(CN(C)C23CC4CC(CC(C4)C2)C3)nc2n(C)c3ccccc3n12. The zero-order valence-electron chi connectivity index (χ0n) is 18.8. The first-order valence-electron chi connectivity index (χ1n) is 11.8. The molecule has 2 aromatic heterocycles.